The molecular weight excluding hydrogens is 869 g/mol. The Labute approximate surface area is 395 Å². The first-order chi connectivity index (χ1) is 29.8. The smallest absolute Gasteiger partial charge is 0.499 e. The van der Waals surface area contributed by atoms with E-state index >= 15 is 0 Å². The molecule has 0 bridgehead atoms. The molecule has 0 amide bonds. The first kappa shape index (κ1) is 60.5. The monoisotopic (exact) mass is 955 g/mol. The second-order valence-electron chi connectivity index (χ2n) is 17.8. The van der Waals surface area contributed by atoms with Crippen LogP contribution in [0.15, 0.2) is 121 Å². The van der Waals surface area contributed by atoms with E-state index in [2.05, 4.69) is 102 Å². The maximum absolute atomic E-state index is 11.1. The highest BCUT2D eigenvalue weighted by Crippen LogP contribution is 2.24. The van der Waals surface area contributed by atoms with Crippen molar-refractivity contribution in [2.24, 2.45) is 0 Å². The number of carbonyl (C=O) groups is 1. The second-order valence-corrected chi connectivity index (χ2v) is 31.7. The molecule has 0 aliphatic carbocycles. The molecule has 360 valence electrons. The lowest BCUT2D eigenvalue weighted by Gasteiger charge is -2.31. The first-order valence-corrected chi connectivity index (χ1v) is 34.0. The van der Waals surface area contributed by atoms with Crippen molar-refractivity contribution in [3.8, 4) is 0 Å². The third-order valence-corrected chi connectivity index (χ3v) is 18.9. The van der Waals surface area contributed by atoms with Gasteiger partial charge in [-0.3, -0.25) is 0 Å². The van der Waals surface area contributed by atoms with Gasteiger partial charge < -0.3 is 35.7 Å². The van der Waals surface area contributed by atoms with Gasteiger partial charge in [-0.15, -0.1) is 0 Å². The first-order valence-electron chi connectivity index (χ1n) is 22.9. The Morgan fingerprint density at radius 3 is 1.34 bits per heavy atom. The van der Waals surface area contributed by atoms with Crippen molar-refractivity contribution in [2.75, 3.05) is 19.8 Å². The number of ether oxygens (including phenoxy) is 3. The number of esters is 1. The van der Waals surface area contributed by atoms with Gasteiger partial charge in [-0.1, -0.05) is 105 Å². The molecule has 0 N–H and O–H groups in total. The van der Waals surface area contributed by atoms with E-state index in [1.807, 2.05) is 123 Å². The van der Waals surface area contributed by atoms with E-state index in [9.17, 15) is 4.79 Å². The molecule has 0 saturated heterocycles. The summed E-state index contributed by atoms with van der Waals surface area (Å²) < 4.78 is 45.8. The fourth-order valence-corrected chi connectivity index (χ4v) is 17.0. The molecule has 64 heavy (non-hydrogen) atoms. The molecule has 13 heteroatoms. The Kier molecular flexibility index (Phi) is 30.4. The van der Waals surface area contributed by atoms with Crippen LogP contribution in [-0.2, 0) is 40.5 Å². The SMILES string of the molecule is CCO/C(=C/[C@H](C)c1ccccc1)O[Si](C)(OC(C)C)OC(C)C.CCO/C(C)=C/[C@H](C)c1ccccc1.CCOC(=O)/C=C(\C)c1ccccc1.C[SiH](O[Si](C)(C)C)O[Si](C)(C)C. The van der Waals surface area contributed by atoms with E-state index in [0.29, 0.717) is 25.1 Å². The van der Waals surface area contributed by atoms with Crippen molar-refractivity contribution >= 4 is 46.3 Å². The van der Waals surface area contributed by atoms with Crippen LogP contribution in [0, 0.1) is 0 Å². The highest BCUT2D eigenvalue weighted by molar-refractivity contribution is 6.80. The molecule has 3 aromatic rings. The summed E-state index contributed by atoms with van der Waals surface area (Å²) >= 11 is 0. The van der Waals surface area contributed by atoms with Gasteiger partial charge in [-0.05, 0) is 136 Å². The van der Waals surface area contributed by atoms with Crippen molar-refractivity contribution in [1.29, 1.82) is 0 Å². The van der Waals surface area contributed by atoms with Crippen LogP contribution in [0.5, 0.6) is 0 Å². The normalized spacial score (nSPS) is 13.4. The van der Waals surface area contributed by atoms with Crippen LogP contribution in [0.3, 0.4) is 0 Å². The fraction of sp³-hybridized carbons (Fsp3) is 0.510. The van der Waals surface area contributed by atoms with Crippen LogP contribution in [-0.4, -0.2) is 72.7 Å². The Hall–Kier alpha value is -3.54. The summed E-state index contributed by atoms with van der Waals surface area (Å²) in [5.74, 6) is 1.79. The molecule has 3 aromatic carbocycles. The van der Waals surface area contributed by atoms with Crippen molar-refractivity contribution in [3.63, 3.8) is 0 Å². The molecule has 2 atom stereocenters. The molecule has 0 unspecified atom stereocenters. The van der Waals surface area contributed by atoms with E-state index in [0.717, 1.165) is 23.5 Å². The van der Waals surface area contributed by atoms with E-state index < -0.39 is 34.7 Å². The molecule has 0 aliphatic heterocycles. The largest absolute Gasteiger partial charge is 0.565 e. The summed E-state index contributed by atoms with van der Waals surface area (Å²) in [5.41, 5.74) is 4.49. The predicted molar refractivity (Wildman–Crippen MR) is 279 cm³/mol. The number of benzene rings is 3. The number of rotatable bonds is 21. The standard InChI is InChI=1S/C19H32O4Si.C13H18O.C12H14O2.C7H22O2Si3/c1-8-20-19(14-17(6)18-12-10-9-11-13-18)23-24(7,21-15(2)3)22-16(4)5;1-4-14-12(3)10-11(2)13-8-6-5-7-9-13;1-3-14-12(13)9-10(2)11-7-5-4-6-8-11;1-10(8-11(2,3)4)9-12(5,6)7/h9-17H,8H2,1-7H3;5-11H,4H2,1-3H3;4-9H,3H2,1-2H3;10H,1-7H3/b19-14-;12-10+;10-9+;/t17-;11-;;/m00../s1. The third kappa shape index (κ3) is 31.4. The Bertz CT molecular complexity index is 1730. The average molecular weight is 956 g/mol. The van der Waals surface area contributed by atoms with Gasteiger partial charge in [-0.2, -0.15) is 0 Å². The predicted octanol–water partition coefficient (Wildman–Crippen LogP) is 14.0. The fourth-order valence-electron chi connectivity index (χ4n) is 6.07. The number of hydrogen-bond acceptors (Lipinski definition) is 9. The summed E-state index contributed by atoms with van der Waals surface area (Å²) in [5, 5.41) is 0. The summed E-state index contributed by atoms with van der Waals surface area (Å²) in [7, 11) is -6.89. The van der Waals surface area contributed by atoms with Crippen molar-refractivity contribution in [1.82, 2.24) is 0 Å². The van der Waals surface area contributed by atoms with Gasteiger partial charge in [0.1, 0.15) is 0 Å². The van der Waals surface area contributed by atoms with E-state index in [-0.39, 0.29) is 24.1 Å². The molecule has 0 heterocycles. The Balaban J connectivity index is 0.000000864. The summed E-state index contributed by atoms with van der Waals surface area (Å²) in [6.07, 6.45) is 5.69. The maximum atomic E-state index is 11.1. The van der Waals surface area contributed by atoms with Gasteiger partial charge in [0.25, 0.3) is 15.2 Å². The van der Waals surface area contributed by atoms with Crippen molar-refractivity contribution < 1.29 is 40.5 Å². The molecule has 0 aromatic heterocycles. The van der Waals surface area contributed by atoms with Crippen LogP contribution in [0.4, 0.5) is 0 Å². The molecule has 0 saturated carbocycles. The Morgan fingerprint density at radius 1 is 0.578 bits per heavy atom. The topological polar surface area (TPSA) is 90.9 Å². The summed E-state index contributed by atoms with van der Waals surface area (Å²) in [4.78, 5) is 11.1. The molecule has 0 radical (unpaired) electrons. The van der Waals surface area contributed by atoms with Crippen LogP contribution >= 0.6 is 0 Å². The highest BCUT2D eigenvalue weighted by atomic mass is 28.4. The number of hydrogen-bond donors (Lipinski definition) is 0. The minimum Gasteiger partial charge on any atom is -0.499 e. The van der Waals surface area contributed by atoms with Crippen LogP contribution in [0.2, 0.25) is 52.4 Å². The van der Waals surface area contributed by atoms with Crippen molar-refractivity contribution in [2.45, 2.75) is 153 Å². The number of allylic oxidation sites excluding steroid dienone is 4. The van der Waals surface area contributed by atoms with E-state index in [1.165, 1.54) is 17.2 Å². The second kappa shape index (κ2) is 32.2. The lowest BCUT2D eigenvalue weighted by Crippen LogP contribution is -2.46. The quantitative estimate of drug-likeness (QED) is 0.0448. The van der Waals surface area contributed by atoms with Gasteiger partial charge in [0.15, 0.2) is 16.6 Å². The van der Waals surface area contributed by atoms with Crippen LogP contribution in [0.25, 0.3) is 5.57 Å². The van der Waals surface area contributed by atoms with Gasteiger partial charge in [0, 0.05) is 42.7 Å². The molecule has 0 fully saturated rings. The third-order valence-electron chi connectivity index (χ3n) is 8.25. The van der Waals surface area contributed by atoms with E-state index in [4.69, 9.17) is 35.7 Å². The number of carbonyl (C=O) groups excluding carboxylic acids is 1. The molecule has 0 spiro atoms. The molecule has 3 rings (SSSR count). The lowest BCUT2D eigenvalue weighted by molar-refractivity contribution is -0.137. The zero-order valence-electron chi connectivity index (χ0n) is 43.1. The van der Waals surface area contributed by atoms with Gasteiger partial charge >= 0.3 is 14.8 Å². The minimum atomic E-state index is -2.84. The van der Waals surface area contributed by atoms with Crippen molar-refractivity contribution in [3.05, 3.63) is 138 Å². The molecular formula is C51H86O9Si4. The molecule has 0 aliphatic rings. The average Bonchev–Trinajstić information content (AvgIpc) is 3.17. The Morgan fingerprint density at radius 2 is 0.969 bits per heavy atom. The zero-order chi connectivity index (χ0) is 48.9. The van der Waals surface area contributed by atoms with Gasteiger partial charge in [0.05, 0.1) is 25.6 Å². The van der Waals surface area contributed by atoms with Crippen LogP contribution < -0.4 is 0 Å². The van der Waals surface area contributed by atoms with Crippen LogP contribution in [0.1, 0.15) is 105 Å². The lowest BCUT2D eigenvalue weighted by atomic mass is 10.0. The van der Waals surface area contributed by atoms with E-state index in [1.54, 1.807) is 6.92 Å². The maximum Gasteiger partial charge on any atom is 0.565 e. The summed E-state index contributed by atoms with van der Waals surface area (Å²) in [6, 6.07) is 30.5. The van der Waals surface area contributed by atoms with Gasteiger partial charge in [-0.25, -0.2) is 4.79 Å². The van der Waals surface area contributed by atoms with Gasteiger partial charge in [0.2, 0.25) is 0 Å². The highest BCUT2D eigenvalue weighted by Gasteiger charge is 2.41. The zero-order valence-corrected chi connectivity index (χ0v) is 47.2. The minimum absolute atomic E-state index is 0.0230. The summed E-state index contributed by atoms with van der Waals surface area (Å²) in [6.45, 7) is 40.9. The molecule has 9 nitrogen and oxygen atoms in total.